The largest absolute Gasteiger partial charge is 0.495 e. The molecule has 0 bridgehead atoms. The lowest BCUT2D eigenvalue weighted by Gasteiger charge is -2.42. The molecule has 0 aliphatic carbocycles. The van der Waals surface area contributed by atoms with Gasteiger partial charge < -0.3 is 35.0 Å². The van der Waals surface area contributed by atoms with E-state index in [9.17, 15) is 9.59 Å². The molecule has 0 radical (unpaired) electrons. The van der Waals surface area contributed by atoms with E-state index in [1.807, 2.05) is 75.2 Å². The lowest BCUT2D eigenvalue weighted by Crippen LogP contribution is -2.52. The number of methoxy groups -OCH3 is 1. The van der Waals surface area contributed by atoms with E-state index in [0.29, 0.717) is 51.8 Å². The maximum absolute atomic E-state index is 13.4. The molecular formula is C48H53N15O3S2. The monoisotopic (exact) mass is 951 g/mol. The van der Waals surface area contributed by atoms with Crippen LogP contribution in [-0.4, -0.2) is 157 Å². The highest BCUT2D eigenvalue weighted by atomic mass is 32.1. The number of likely N-dealkylation sites (N-methyl/N-ethyl adjacent to an activating group) is 1. The van der Waals surface area contributed by atoms with E-state index in [4.69, 9.17) is 14.7 Å². The second kappa shape index (κ2) is 20.1. The number of amides is 2. The van der Waals surface area contributed by atoms with Gasteiger partial charge in [0.25, 0.3) is 5.91 Å². The van der Waals surface area contributed by atoms with Crippen LogP contribution in [-0.2, 0) is 4.79 Å². The molecule has 0 spiro atoms. The number of nitrogens with one attached hydrogen (secondary N) is 4. The van der Waals surface area contributed by atoms with Crippen molar-refractivity contribution >= 4 is 85.3 Å². The Morgan fingerprint density at radius 2 is 1.29 bits per heavy atom. The van der Waals surface area contributed by atoms with Crippen molar-refractivity contribution in [2.45, 2.75) is 25.8 Å². The van der Waals surface area contributed by atoms with Crippen LogP contribution >= 0.6 is 22.7 Å². The summed E-state index contributed by atoms with van der Waals surface area (Å²) in [5.41, 5.74) is 6.40. The lowest BCUT2D eigenvalue weighted by atomic mass is 10.0. The van der Waals surface area contributed by atoms with Gasteiger partial charge in [0, 0.05) is 95.4 Å². The quantitative estimate of drug-likeness (QED) is 0.108. The average Bonchev–Trinajstić information content (AvgIpc) is 4.24. The number of aromatic amines is 2. The van der Waals surface area contributed by atoms with Gasteiger partial charge in [0.1, 0.15) is 27.8 Å². The van der Waals surface area contributed by atoms with Crippen molar-refractivity contribution in [3.63, 3.8) is 0 Å². The summed E-state index contributed by atoms with van der Waals surface area (Å²) in [7, 11) is 3.79. The molecule has 2 amide bonds. The summed E-state index contributed by atoms with van der Waals surface area (Å²) in [4.78, 5) is 56.7. The third-order valence-electron chi connectivity index (χ3n) is 12.8. The topological polar surface area (TPSA) is 193 Å². The Hall–Kier alpha value is -7.00. The molecule has 4 N–H and O–H groups in total. The van der Waals surface area contributed by atoms with Crippen LogP contribution in [0, 0.1) is 0 Å². The number of nitrogens with zero attached hydrogens (tertiary/aromatic N) is 11. The van der Waals surface area contributed by atoms with Crippen molar-refractivity contribution in [1.82, 2.24) is 59.9 Å². The fourth-order valence-corrected chi connectivity index (χ4v) is 10.2. The number of fused-ring (bicyclic) bond motifs is 2. The average molecular weight is 952 g/mol. The van der Waals surface area contributed by atoms with Gasteiger partial charge in [-0.25, -0.2) is 19.9 Å². The lowest BCUT2D eigenvalue weighted by molar-refractivity contribution is -0.129. The number of thiophene rings is 2. The summed E-state index contributed by atoms with van der Waals surface area (Å²) in [6, 6.07) is 22.3. The van der Waals surface area contributed by atoms with Gasteiger partial charge in [0.15, 0.2) is 23.3 Å². The zero-order valence-electron chi connectivity index (χ0n) is 38.2. The van der Waals surface area contributed by atoms with Crippen molar-refractivity contribution in [1.29, 1.82) is 0 Å². The fraction of sp³-hybridized carbons (Fsp3) is 0.333. The summed E-state index contributed by atoms with van der Waals surface area (Å²) in [5, 5.41) is 25.0. The molecule has 3 fully saturated rings. The molecule has 8 aromatic rings. The minimum atomic E-state index is 0.0460. The maximum Gasteiger partial charge on any atom is 0.253 e. The first-order valence-electron chi connectivity index (χ1n) is 22.8. The van der Waals surface area contributed by atoms with E-state index < -0.39 is 0 Å². The number of piperazine rings is 2. The van der Waals surface area contributed by atoms with Gasteiger partial charge in [0.2, 0.25) is 5.91 Å². The molecule has 6 aromatic heterocycles. The molecule has 3 aliphatic rings. The zero-order chi connectivity index (χ0) is 46.6. The number of rotatable bonds is 10. The Morgan fingerprint density at radius 1 is 0.691 bits per heavy atom. The van der Waals surface area contributed by atoms with Crippen LogP contribution in [0.3, 0.4) is 0 Å². The van der Waals surface area contributed by atoms with Gasteiger partial charge >= 0.3 is 0 Å². The van der Waals surface area contributed by atoms with Crippen LogP contribution in [0.1, 0.15) is 30.1 Å². The fourth-order valence-electron chi connectivity index (χ4n) is 8.92. The zero-order valence-corrected chi connectivity index (χ0v) is 39.8. The molecule has 11 rings (SSSR count). The van der Waals surface area contributed by atoms with Crippen LogP contribution in [0.5, 0.6) is 5.75 Å². The van der Waals surface area contributed by atoms with Crippen molar-refractivity contribution in [3.05, 3.63) is 95.4 Å². The molecule has 3 aliphatic heterocycles. The van der Waals surface area contributed by atoms with Gasteiger partial charge in [-0.15, -0.1) is 22.7 Å². The van der Waals surface area contributed by atoms with Crippen LogP contribution < -0.4 is 20.3 Å². The first-order valence-corrected chi connectivity index (χ1v) is 24.6. The van der Waals surface area contributed by atoms with Crippen molar-refractivity contribution in [2.24, 2.45) is 0 Å². The van der Waals surface area contributed by atoms with Crippen molar-refractivity contribution in [2.75, 3.05) is 95.1 Å². The third kappa shape index (κ3) is 9.84. The number of H-pyrrole nitrogens is 2. The molecule has 2 aromatic carbocycles. The molecule has 0 unspecified atom stereocenters. The molecule has 0 saturated carbocycles. The van der Waals surface area contributed by atoms with Gasteiger partial charge in [-0.05, 0) is 85.2 Å². The number of carbonyl (C=O) groups excluding carboxylic acids is 2. The summed E-state index contributed by atoms with van der Waals surface area (Å²) in [6.07, 6.45) is 5.44. The highest BCUT2D eigenvalue weighted by Gasteiger charge is 2.29. The normalized spacial score (nSPS) is 16.2. The molecule has 9 heterocycles. The molecule has 0 atom stereocenters. The Bertz CT molecular complexity index is 2970. The van der Waals surface area contributed by atoms with E-state index in [0.717, 1.165) is 116 Å². The Morgan fingerprint density at radius 3 is 1.85 bits per heavy atom. The van der Waals surface area contributed by atoms with E-state index in [-0.39, 0.29) is 11.8 Å². The second-order valence-corrected chi connectivity index (χ2v) is 19.0. The van der Waals surface area contributed by atoms with Gasteiger partial charge in [-0.2, -0.15) is 10.2 Å². The summed E-state index contributed by atoms with van der Waals surface area (Å²) in [6.45, 7) is 10.9. The number of hydrogen-bond acceptors (Lipinski definition) is 16. The first-order chi connectivity index (χ1) is 33.3. The smallest absolute Gasteiger partial charge is 0.253 e. The number of benzene rings is 2. The Kier molecular flexibility index (Phi) is 13.2. The second-order valence-electron chi connectivity index (χ2n) is 17.1. The molecular weight excluding hydrogens is 899 g/mol. The van der Waals surface area contributed by atoms with E-state index >= 15 is 0 Å². The maximum atomic E-state index is 13.4. The number of piperidine rings is 1. The van der Waals surface area contributed by atoms with Crippen LogP contribution in [0.4, 0.5) is 28.7 Å². The van der Waals surface area contributed by atoms with E-state index in [1.54, 1.807) is 49.1 Å². The Balaban J connectivity index is 0.000000163. The van der Waals surface area contributed by atoms with Crippen LogP contribution in [0.15, 0.2) is 89.9 Å². The summed E-state index contributed by atoms with van der Waals surface area (Å²) >= 11 is 3.19. The standard InChI is InChI=1S/C27H32N8O2S.C21H21N7OS/c1-33-11-13-34(14-12-33)19-7-9-35(10-8-19)27(36)18-5-6-20(22(16-18)37-2)29-26-24-21(17-28-32-24)30-25(31-26)23-4-3-15-38-23;1-14(29)27-8-10-28(11-9-27)16-6-4-15(5-7-16)23-21-19-17(13-22-26-19)24-20(25-21)18-3-2-12-30-18/h3-6,15-17,19H,7-14H2,1-2H3,(H,28,32)(H,29,30,31);2-7,12-13H,8-11H2,1H3,(H,22,26)(H,23,24,25). The molecule has 3 saturated heterocycles. The van der Waals surface area contributed by atoms with E-state index in [1.165, 1.54) is 0 Å². The number of anilines is 5. The summed E-state index contributed by atoms with van der Waals surface area (Å²) in [5.74, 6) is 3.37. The van der Waals surface area contributed by atoms with Gasteiger partial charge in [-0.3, -0.25) is 24.7 Å². The predicted octanol–water partition coefficient (Wildman–Crippen LogP) is 7.18. The summed E-state index contributed by atoms with van der Waals surface area (Å²) < 4.78 is 5.69. The number of hydrogen-bond donors (Lipinski definition) is 4. The molecule has 68 heavy (non-hydrogen) atoms. The highest BCUT2D eigenvalue weighted by molar-refractivity contribution is 7.13. The van der Waals surface area contributed by atoms with Crippen LogP contribution in [0.25, 0.3) is 43.5 Å². The van der Waals surface area contributed by atoms with Crippen molar-refractivity contribution in [3.8, 4) is 27.2 Å². The molecule has 18 nitrogen and oxygen atoms in total. The SMILES string of the molecule is CC(=O)N1CCN(c2ccc(Nc3nc(-c4cccs4)nc4cn[nH]c34)cc2)CC1.COc1cc(C(=O)N2CCC(N3CCN(C)CC3)CC2)ccc1Nc1nc(-c2cccs2)nc2cn[nH]c12. The number of ether oxygens (including phenoxy) is 1. The minimum absolute atomic E-state index is 0.0460. The first kappa shape index (κ1) is 44.8. The predicted molar refractivity (Wildman–Crippen MR) is 268 cm³/mol. The minimum Gasteiger partial charge on any atom is -0.495 e. The van der Waals surface area contributed by atoms with Crippen molar-refractivity contribution < 1.29 is 14.3 Å². The number of likely N-dealkylation sites (tertiary alicyclic amines) is 1. The molecule has 20 heteroatoms. The Labute approximate surface area is 401 Å². The molecule has 350 valence electrons. The van der Waals surface area contributed by atoms with Gasteiger partial charge in [-0.1, -0.05) is 12.1 Å². The number of aromatic nitrogens is 8. The van der Waals surface area contributed by atoms with E-state index in [2.05, 4.69) is 74.9 Å². The van der Waals surface area contributed by atoms with Gasteiger partial charge in [0.05, 0.1) is 34.9 Å². The third-order valence-corrected chi connectivity index (χ3v) is 14.5. The number of carbonyl (C=O) groups is 2. The van der Waals surface area contributed by atoms with Crippen LogP contribution in [0.2, 0.25) is 0 Å². The highest BCUT2D eigenvalue weighted by Crippen LogP contribution is 2.34.